The third-order valence-corrected chi connectivity index (χ3v) is 7.62. The molecule has 1 amide bonds. The minimum atomic E-state index is -3.62. The molecule has 0 bridgehead atoms. The average molecular weight is 423 g/mol. The van der Waals surface area contributed by atoms with Gasteiger partial charge in [-0.2, -0.15) is 4.31 Å². The molecule has 4 rings (SSSR count). The summed E-state index contributed by atoms with van der Waals surface area (Å²) in [5.74, 6) is -1.19. The first-order valence-electron chi connectivity index (χ1n) is 9.23. The number of benzene rings is 2. The Hall–Kier alpha value is -1.96. The number of hydrogen-bond donors (Lipinski definition) is 0. The van der Waals surface area contributed by atoms with Crippen LogP contribution in [0, 0.1) is 5.82 Å². The first-order chi connectivity index (χ1) is 13.4. The van der Waals surface area contributed by atoms with Crippen LogP contribution >= 0.6 is 11.6 Å². The molecule has 0 radical (unpaired) electrons. The van der Waals surface area contributed by atoms with E-state index in [1.54, 1.807) is 12.1 Å². The molecule has 8 heteroatoms. The van der Waals surface area contributed by atoms with Crippen molar-refractivity contribution in [3.8, 4) is 0 Å². The van der Waals surface area contributed by atoms with Crippen LogP contribution in [0.15, 0.2) is 41.3 Å². The van der Waals surface area contributed by atoms with Crippen molar-refractivity contribution in [1.29, 1.82) is 0 Å². The maximum absolute atomic E-state index is 14.0. The normalized spacial score (nSPS) is 17.6. The fourth-order valence-corrected chi connectivity index (χ4v) is 5.57. The monoisotopic (exact) mass is 422 g/mol. The van der Waals surface area contributed by atoms with Gasteiger partial charge in [0.05, 0.1) is 15.5 Å². The van der Waals surface area contributed by atoms with Gasteiger partial charge >= 0.3 is 0 Å². The second kappa shape index (κ2) is 7.46. The van der Waals surface area contributed by atoms with Crippen molar-refractivity contribution >= 4 is 27.5 Å². The number of halogens is 2. The van der Waals surface area contributed by atoms with Crippen LogP contribution in [0.5, 0.6) is 0 Å². The molecule has 0 aromatic heterocycles. The Morgan fingerprint density at radius 3 is 2.43 bits per heavy atom. The van der Waals surface area contributed by atoms with Crippen molar-refractivity contribution in [2.75, 3.05) is 26.2 Å². The van der Waals surface area contributed by atoms with Crippen LogP contribution in [0.25, 0.3) is 0 Å². The lowest BCUT2D eigenvalue weighted by Crippen LogP contribution is -2.50. The third kappa shape index (κ3) is 3.43. The van der Waals surface area contributed by atoms with E-state index in [1.807, 2.05) is 6.07 Å². The van der Waals surface area contributed by atoms with Crippen LogP contribution in [0.3, 0.4) is 0 Å². The van der Waals surface area contributed by atoms with E-state index in [0.29, 0.717) is 4.90 Å². The van der Waals surface area contributed by atoms with Gasteiger partial charge < -0.3 is 4.90 Å². The Balaban J connectivity index is 1.48. The summed E-state index contributed by atoms with van der Waals surface area (Å²) in [6.45, 7) is 0.704. The number of carbonyl (C=O) groups excluding carboxylic acids is 1. The lowest BCUT2D eigenvalue weighted by molar-refractivity contribution is 0.0693. The number of carbonyl (C=O) groups is 1. The van der Waals surface area contributed by atoms with Gasteiger partial charge in [0.25, 0.3) is 5.91 Å². The largest absolute Gasteiger partial charge is 0.336 e. The molecular formula is C20H20ClFN2O3S. The molecule has 0 N–H and O–H groups in total. The van der Waals surface area contributed by atoms with E-state index < -0.39 is 21.7 Å². The first kappa shape index (κ1) is 19.4. The van der Waals surface area contributed by atoms with Crippen molar-refractivity contribution in [2.45, 2.75) is 24.2 Å². The van der Waals surface area contributed by atoms with Gasteiger partial charge in [0, 0.05) is 26.2 Å². The number of sulfonamides is 1. The summed E-state index contributed by atoms with van der Waals surface area (Å²) in [4.78, 5) is 14.4. The highest BCUT2D eigenvalue weighted by Gasteiger charge is 2.32. The highest BCUT2D eigenvalue weighted by Crippen LogP contribution is 2.27. The van der Waals surface area contributed by atoms with Crippen LogP contribution in [0.1, 0.15) is 27.9 Å². The molecule has 28 heavy (non-hydrogen) atoms. The number of amides is 1. The van der Waals surface area contributed by atoms with E-state index in [9.17, 15) is 17.6 Å². The van der Waals surface area contributed by atoms with Crippen LogP contribution in [0.4, 0.5) is 4.39 Å². The number of rotatable bonds is 3. The quantitative estimate of drug-likeness (QED) is 0.763. The first-order valence-corrected chi connectivity index (χ1v) is 11.0. The summed E-state index contributed by atoms with van der Waals surface area (Å²) in [6.07, 6.45) is 2.96. The molecule has 0 spiro atoms. The highest BCUT2D eigenvalue weighted by atomic mass is 35.5. The van der Waals surface area contributed by atoms with Crippen molar-refractivity contribution in [3.63, 3.8) is 0 Å². The zero-order chi connectivity index (χ0) is 19.9. The van der Waals surface area contributed by atoms with Gasteiger partial charge in [-0.15, -0.1) is 0 Å². The van der Waals surface area contributed by atoms with Crippen molar-refractivity contribution in [1.82, 2.24) is 9.21 Å². The molecule has 1 aliphatic heterocycles. The average Bonchev–Trinajstić information content (AvgIpc) is 3.15. The van der Waals surface area contributed by atoms with Gasteiger partial charge in [0.15, 0.2) is 0 Å². The fourth-order valence-electron chi connectivity index (χ4n) is 3.85. The lowest BCUT2D eigenvalue weighted by Gasteiger charge is -2.34. The Morgan fingerprint density at radius 1 is 1.00 bits per heavy atom. The van der Waals surface area contributed by atoms with Crippen LogP contribution in [-0.2, 0) is 22.9 Å². The Labute approximate surface area is 168 Å². The zero-order valence-electron chi connectivity index (χ0n) is 15.2. The van der Waals surface area contributed by atoms with E-state index >= 15 is 0 Å². The van der Waals surface area contributed by atoms with E-state index in [2.05, 4.69) is 0 Å². The standard InChI is InChI=1S/C20H20ClFN2O3S/c21-17-5-2-6-18(22)19(17)20(25)23-9-11-24(12-10-23)28(26,27)16-8-7-14-3-1-4-15(14)13-16/h2,5-8,13H,1,3-4,9-12H2. The molecule has 2 aromatic rings. The summed E-state index contributed by atoms with van der Waals surface area (Å²) in [6, 6.07) is 9.43. The van der Waals surface area contributed by atoms with Gasteiger partial charge in [-0.05, 0) is 54.7 Å². The smallest absolute Gasteiger partial charge is 0.258 e. The second-order valence-electron chi connectivity index (χ2n) is 7.08. The minimum Gasteiger partial charge on any atom is -0.336 e. The number of piperazine rings is 1. The summed E-state index contributed by atoms with van der Waals surface area (Å²) >= 11 is 5.98. The number of aryl methyl sites for hydroxylation is 2. The minimum absolute atomic E-state index is 0.0539. The fraction of sp³-hybridized carbons (Fsp3) is 0.350. The maximum atomic E-state index is 14.0. The van der Waals surface area contributed by atoms with E-state index in [-0.39, 0.29) is 36.8 Å². The molecule has 148 valence electrons. The van der Waals surface area contributed by atoms with Gasteiger partial charge in [0.2, 0.25) is 10.0 Å². The molecule has 1 saturated heterocycles. The molecule has 2 aromatic carbocycles. The summed E-state index contributed by atoms with van der Waals surface area (Å²) < 4.78 is 41.4. The van der Waals surface area contributed by atoms with Gasteiger partial charge in [-0.1, -0.05) is 23.7 Å². The Bertz CT molecular complexity index is 1010. The summed E-state index contributed by atoms with van der Waals surface area (Å²) in [5.41, 5.74) is 2.15. The topological polar surface area (TPSA) is 57.7 Å². The molecule has 5 nitrogen and oxygen atoms in total. The molecule has 2 aliphatic rings. The molecule has 0 atom stereocenters. The highest BCUT2D eigenvalue weighted by molar-refractivity contribution is 7.89. The van der Waals surface area contributed by atoms with Gasteiger partial charge in [-0.3, -0.25) is 4.79 Å². The summed E-state index contributed by atoms with van der Waals surface area (Å²) in [5, 5.41) is 0.0539. The predicted octanol–water partition coefficient (Wildman–Crippen LogP) is 3.11. The van der Waals surface area contributed by atoms with Crippen molar-refractivity contribution in [3.05, 3.63) is 63.9 Å². The molecular weight excluding hydrogens is 403 g/mol. The van der Waals surface area contributed by atoms with Crippen molar-refractivity contribution < 1.29 is 17.6 Å². The number of fused-ring (bicyclic) bond motifs is 1. The zero-order valence-corrected chi connectivity index (χ0v) is 16.8. The van der Waals surface area contributed by atoms with Crippen LogP contribution < -0.4 is 0 Å². The number of hydrogen-bond acceptors (Lipinski definition) is 3. The Morgan fingerprint density at radius 2 is 1.71 bits per heavy atom. The van der Waals surface area contributed by atoms with Gasteiger partial charge in [-0.25, -0.2) is 12.8 Å². The summed E-state index contributed by atoms with van der Waals surface area (Å²) in [7, 11) is -3.62. The third-order valence-electron chi connectivity index (χ3n) is 5.41. The molecule has 1 heterocycles. The Kier molecular flexibility index (Phi) is 5.16. The second-order valence-corrected chi connectivity index (χ2v) is 9.42. The maximum Gasteiger partial charge on any atom is 0.258 e. The molecule has 1 fully saturated rings. The SMILES string of the molecule is O=C(c1c(F)cccc1Cl)N1CCN(S(=O)(=O)c2ccc3c(c2)CCC3)CC1. The number of nitrogens with zero attached hydrogens (tertiary/aromatic N) is 2. The van der Waals surface area contributed by atoms with Crippen LogP contribution in [-0.4, -0.2) is 49.7 Å². The molecule has 0 saturated carbocycles. The van der Waals surface area contributed by atoms with E-state index in [4.69, 9.17) is 11.6 Å². The lowest BCUT2D eigenvalue weighted by atomic mass is 10.1. The van der Waals surface area contributed by atoms with Gasteiger partial charge in [0.1, 0.15) is 5.82 Å². The predicted molar refractivity (Wildman–Crippen MR) is 105 cm³/mol. The van der Waals surface area contributed by atoms with E-state index in [1.165, 1.54) is 33.0 Å². The van der Waals surface area contributed by atoms with Crippen LogP contribution in [0.2, 0.25) is 5.02 Å². The van der Waals surface area contributed by atoms with Crippen molar-refractivity contribution in [2.24, 2.45) is 0 Å². The van der Waals surface area contributed by atoms with E-state index in [0.717, 1.165) is 24.8 Å². The molecule has 1 aliphatic carbocycles. The molecule has 0 unspecified atom stereocenters.